The van der Waals surface area contributed by atoms with Crippen LogP contribution in [0.2, 0.25) is 0 Å². The van der Waals surface area contributed by atoms with E-state index in [1.165, 1.54) is 28.4 Å². The molecular formula is C26H33N7OS3. The number of nitrogens with one attached hydrogen (secondary N) is 3. The number of hydrogen-bond acceptors (Lipinski definition) is 9. The second kappa shape index (κ2) is 12.4. The number of aryl methyl sites for hydroxylation is 1. The second-order valence-electron chi connectivity index (χ2n) is 8.84. The van der Waals surface area contributed by atoms with Gasteiger partial charge in [0.2, 0.25) is 0 Å². The topological polar surface area (TPSA) is 87.1 Å². The molecule has 0 atom stereocenters. The van der Waals surface area contributed by atoms with E-state index in [0.29, 0.717) is 16.9 Å². The van der Waals surface area contributed by atoms with Crippen LogP contribution in [-0.2, 0) is 13.1 Å². The molecule has 5 heterocycles. The third-order valence-corrected chi connectivity index (χ3v) is 9.28. The van der Waals surface area contributed by atoms with Crippen LogP contribution in [0.15, 0.2) is 46.0 Å². The van der Waals surface area contributed by atoms with Crippen LogP contribution in [0.5, 0.6) is 0 Å². The third kappa shape index (κ3) is 6.35. The molecule has 0 radical (unpaired) electrons. The van der Waals surface area contributed by atoms with Gasteiger partial charge in [0.25, 0.3) is 5.91 Å². The monoisotopic (exact) mass is 555 g/mol. The number of nitrogens with zero attached hydrogens (tertiary/aromatic N) is 4. The Balaban J connectivity index is 0.00000137. The summed E-state index contributed by atoms with van der Waals surface area (Å²) in [6.45, 7) is 8.96. The molecule has 6 rings (SSSR count). The summed E-state index contributed by atoms with van der Waals surface area (Å²) in [5.41, 5.74) is 3.46. The molecule has 196 valence electrons. The number of amides is 1. The van der Waals surface area contributed by atoms with Crippen molar-refractivity contribution in [2.45, 2.75) is 56.5 Å². The van der Waals surface area contributed by atoms with E-state index in [1.54, 1.807) is 23.3 Å². The number of aromatic nitrogens is 3. The Morgan fingerprint density at radius 1 is 1.16 bits per heavy atom. The number of rotatable bonds is 6. The third-order valence-electron chi connectivity index (χ3n) is 6.47. The van der Waals surface area contributed by atoms with Crippen molar-refractivity contribution >= 4 is 61.6 Å². The lowest BCUT2D eigenvalue weighted by Gasteiger charge is -2.33. The fraction of sp³-hybridized carbons (Fsp3) is 0.423. The van der Waals surface area contributed by atoms with Gasteiger partial charge in [-0.1, -0.05) is 31.3 Å². The molecule has 37 heavy (non-hydrogen) atoms. The molecule has 2 aliphatic heterocycles. The van der Waals surface area contributed by atoms with Crippen molar-refractivity contribution in [1.82, 2.24) is 25.0 Å². The molecule has 1 amide bonds. The van der Waals surface area contributed by atoms with Crippen LogP contribution in [0.1, 0.15) is 49.3 Å². The van der Waals surface area contributed by atoms with Gasteiger partial charge in [-0.05, 0) is 80.0 Å². The molecule has 11 heteroatoms. The first-order valence-corrected chi connectivity index (χ1v) is 15.4. The van der Waals surface area contributed by atoms with Crippen LogP contribution >= 0.6 is 34.6 Å². The summed E-state index contributed by atoms with van der Waals surface area (Å²) in [5.74, 6) is -0.204. The Bertz CT molecular complexity index is 1310. The highest BCUT2D eigenvalue weighted by molar-refractivity contribution is 8.02. The Hall–Kier alpha value is -2.44. The zero-order valence-corrected chi connectivity index (χ0v) is 23.6. The van der Waals surface area contributed by atoms with Crippen molar-refractivity contribution in [3.05, 3.63) is 53.2 Å². The van der Waals surface area contributed by atoms with E-state index in [4.69, 9.17) is 0 Å². The van der Waals surface area contributed by atoms with Crippen molar-refractivity contribution in [1.29, 1.82) is 0 Å². The minimum absolute atomic E-state index is 0.204. The van der Waals surface area contributed by atoms with Gasteiger partial charge < -0.3 is 10.0 Å². The van der Waals surface area contributed by atoms with E-state index >= 15 is 0 Å². The maximum Gasteiger partial charge on any atom is 0.277 e. The number of piperidine rings is 1. The standard InChI is InChI=1S/C24H27N7OS3.C2H6/c32-23(20-14-18-15-30(10-2-11-31(18)28-20)17-6-8-25-9-7-17)27-24-26-19-5-4-16(13-21(19)34-24)29-35-22-3-1-12-33-22;1-2/h1,3-5,12-14,17,25,29H,2,6-11,15H2,(H,26,27,32);1-2H3. The molecular weight excluding hydrogens is 523 g/mol. The van der Waals surface area contributed by atoms with Crippen molar-refractivity contribution in [2.24, 2.45) is 0 Å². The summed E-state index contributed by atoms with van der Waals surface area (Å²) in [7, 11) is 0. The fourth-order valence-corrected chi connectivity index (χ4v) is 7.04. The average Bonchev–Trinajstić information content (AvgIpc) is 3.66. The van der Waals surface area contributed by atoms with Gasteiger partial charge in [-0.2, -0.15) is 5.10 Å². The summed E-state index contributed by atoms with van der Waals surface area (Å²) < 4.78 is 7.62. The number of thiophene rings is 1. The SMILES string of the molecule is CC.O=C(Nc1nc2ccc(NSc3cccs3)cc2s1)c1cc2n(n1)CCCN(C1CCNCC1)C2. The minimum Gasteiger partial charge on any atom is -0.325 e. The highest BCUT2D eigenvalue weighted by atomic mass is 32.2. The maximum atomic E-state index is 13.0. The molecule has 2 aliphatic rings. The molecule has 1 saturated heterocycles. The van der Waals surface area contributed by atoms with E-state index in [9.17, 15) is 4.79 Å². The first kappa shape index (κ1) is 26.2. The molecule has 0 unspecified atom stereocenters. The van der Waals surface area contributed by atoms with Gasteiger partial charge >= 0.3 is 0 Å². The van der Waals surface area contributed by atoms with Gasteiger partial charge in [0, 0.05) is 31.4 Å². The smallest absolute Gasteiger partial charge is 0.277 e. The summed E-state index contributed by atoms with van der Waals surface area (Å²) in [5, 5.41) is 13.7. The van der Waals surface area contributed by atoms with E-state index in [-0.39, 0.29) is 5.91 Å². The molecule has 0 saturated carbocycles. The molecule has 1 aromatic carbocycles. The Labute approximate surface area is 230 Å². The quantitative estimate of drug-likeness (QED) is 0.255. The van der Waals surface area contributed by atoms with Gasteiger partial charge in [-0.3, -0.25) is 19.7 Å². The lowest BCUT2D eigenvalue weighted by Crippen LogP contribution is -2.42. The summed E-state index contributed by atoms with van der Waals surface area (Å²) in [6.07, 6.45) is 3.42. The average molecular weight is 556 g/mol. The number of benzene rings is 1. The zero-order chi connectivity index (χ0) is 25.6. The molecule has 3 aromatic heterocycles. The lowest BCUT2D eigenvalue weighted by molar-refractivity contribution is 0.102. The lowest BCUT2D eigenvalue weighted by atomic mass is 10.0. The van der Waals surface area contributed by atoms with Gasteiger partial charge in [0.05, 0.1) is 20.1 Å². The number of carbonyl (C=O) groups is 1. The first-order chi connectivity index (χ1) is 18.2. The van der Waals surface area contributed by atoms with Crippen LogP contribution in [0, 0.1) is 0 Å². The van der Waals surface area contributed by atoms with Crippen molar-refractivity contribution in [3.63, 3.8) is 0 Å². The van der Waals surface area contributed by atoms with E-state index < -0.39 is 0 Å². The highest BCUT2D eigenvalue weighted by Gasteiger charge is 2.25. The van der Waals surface area contributed by atoms with Gasteiger partial charge in [-0.25, -0.2) is 4.98 Å². The predicted octanol–water partition coefficient (Wildman–Crippen LogP) is 5.91. The van der Waals surface area contributed by atoms with Gasteiger partial charge in [0.15, 0.2) is 10.8 Å². The summed E-state index contributed by atoms with van der Waals surface area (Å²) in [6, 6.07) is 12.7. The van der Waals surface area contributed by atoms with Gasteiger partial charge in [0.1, 0.15) is 0 Å². The largest absolute Gasteiger partial charge is 0.325 e. The molecule has 3 N–H and O–H groups in total. The van der Waals surface area contributed by atoms with E-state index in [2.05, 4.69) is 47.9 Å². The molecule has 0 aliphatic carbocycles. The predicted molar refractivity (Wildman–Crippen MR) is 156 cm³/mol. The zero-order valence-electron chi connectivity index (χ0n) is 21.2. The van der Waals surface area contributed by atoms with Crippen LogP contribution < -0.4 is 15.4 Å². The Morgan fingerprint density at radius 3 is 2.84 bits per heavy atom. The second-order valence-corrected chi connectivity index (χ2v) is 11.9. The first-order valence-electron chi connectivity index (χ1n) is 12.9. The van der Waals surface area contributed by atoms with Crippen LogP contribution in [0.4, 0.5) is 10.8 Å². The molecule has 8 nitrogen and oxygen atoms in total. The number of fused-ring (bicyclic) bond motifs is 2. The number of carbonyl (C=O) groups excluding carboxylic acids is 1. The Morgan fingerprint density at radius 2 is 2.03 bits per heavy atom. The van der Waals surface area contributed by atoms with Crippen molar-refractivity contribution < 1.29 is 4.79 Å². The number of thiazole rings is 1. The highest BCUT2D eigenvalue weighted by Crippen LogP contribution is 2.31. The summed E-state index contributed by atoms with van der Waals surface area (Å²) in [4.78, 5) is 20.2. The van der Waals surface area contributed by atoms with Crippen LogP contribution in [0.3, 0.4) is 0 Å². The Kier molecular flexibility index (Phi) is 8.78. The molecule has 0 spiro atoms. The van der Waals surface area contributed by atoms with E-state index in [0.717, 1.165) is 60.7 Å². The maximum absolute atomic E-state index is 13.0. The summed E-state index contributed by atoms with van der Waals surface area (Å²) >= 11 is 4.77. The van der Waals surface area contributed by atoms with Crippen molar-refractivity contribution in [2.75, 3.05) is 29.7 Å². The molecule has 1 fully saturated rings. The molecule has 0 bridgehead atoms. The van der Waals surface area contributed by atoms with Crippen LogP contribution in [-0.4, -0.2) is 51.2 Å². The van der Waals surface area contributed by atoms with Crippen LogP contribution in [0.25, 0.3) is 10.2 Å². The minimum atomic E-state index is -0.204. The van der Waals surface area contributed by atoms with Gasteiger partial charge in [-0.15, -0.1) is 11.3 Å². The fourth-order valence-electron chi connectivity index (χ4n) is 4.72. The number of hydrogen-bond donors (Lipinski definition) is 3. The van der Waals surface area contributed by atoms with Crippen molar-refractivity contribution in [3.8, 4) is 0 Å². The normalized spacial score (nSPS) is 16.5. The molecule has 4 aromatic rings. The number of anilines is 2. The van der Waals surface area contributed by atoms with E-state index in [1.807, 2.05) is 42.8 Å².